The van der Waals surface area contributed by atoms with Crippen LogP contribution in [0.15, 0.2) is 36.4 Å². The third-order valence-corrected chi connectivity index (χ3v) is 6.15. The van der Waals surface area contributed by atoms with Gasteiger partial charge in [-0.15, -0.1) is 0 Å². The number of methoxy groups -OCH3 is 2. The molecule has 0 radical (unpaired) electrons. The fourth-order valence-corrected chi connectivity index (χ4v) is 4.52. The number of piperazine rings is 1. The summed E-state index contributed by atoms with van der Waals surface area (Å²) >= 11 is 0. The quantitative estimate of drug-likeness (QED) is 0.586. The van der Waals surface area contributed by atoms with Gasteiger partial charge in [0.05, 0.1) is 37.1 Å². The van der Waals surface area contributed by atoms with Crippen molar-refractivity contribution < 1.29 is 23.9 Å². The standard InChI is InChI=1S/C24H28N4O5/c1-32-19-8-6-15(14-20(19)33-2)17(7-9-21(25)29)28-23(30)16-4-3-5-18(22(16)24(28)31)27-12-10-26-11-13-27/h3-6,8,14,17,26H,7,9-13H2,1-2H3,(H2,25,29). The Morgan fingerprint density at radius 2 is 1.79 bits per heavy atom. The number of benzene rings is 2. The minimum atomic E-state index is -0.680. The van der Waals surface area contributed by atoms with Crippen LogP contribution >= 0.6 is 0 Å². The van der Waals surface area contributed by atoms with Gasteiger partial charge in [0.25, 0.3) is 11.8 Å². The van der Waals surface area contributed by atoms with Gasteiger partial charge in [0.2, 0.25) is 5.91 Å². The fraction of sp³-hybridized carbons (Fsp3) is 0.375. The van der Waals surface area contributed by atoms with Gasteiger partial charge in [0.15, 0.2) is 11.5 Å². The maximum absolute atomic E-state index is 13.7. The molecule has 1 unspecified atom stereocenters. The van der Waals surface area contributed by atoms with E-state index in [1.165, 1.54) is 19.1 Å². The van der Waals surface area contributed by atoms with Crippen LogP contribution in [0.5, 0.6) is 11.5 Å². The molecule has 0 saturated carbocycles. The highest BCUT2D eigenvalue weighted by atomic mass is 16.5. The number of primary amides is 1. The predicted molar refractivity (Wildman–Crippen MR) is 123 cm³/mol. The number of hydrogen-bond donors (Lipinski definition) is 2. The summed E-state index contributed by atoms with van der Waals surface area (Å²) in [5, 5.41) is 3.30. The van der Waals surface area contributed by atoms with Crippen molar-refractivity contribution in [1.82, 2.24) is 10.2 Å². The molecule has 2 aliphatic rings. The summed E-state index contributed by atoms with van der Waals surface area (Å²) in [4.78, 5) is 42.1. The Bertz CT molecular complexity index is 1080. The first-order valence-corrected chi connectivity index (χ1v) is 10.9. The van der Waals surface area contributed by atoms with E-state index in [4.69, 9.17) is 15.2 Å². The van der Waals surface area contributed by atoms with Crippen molar-refractivity contribution in [1.29, 1.82) is 0 Å². The summed E-state index contributed by atoms with van der Waals surface area (Å²) < 4.78 is 10.7. The maximum Gasteiger partial charge on any atom is 0.264 e. The van der Waals surface area contributed by atoms with Gasteiger partial charge in [0, 0.05) is 32.6 Å². The summed E-state index contributed by atoms with van der Waals surface area (Å²) in [6.45, 7) is 3.11. The van der Waals surface area contributed by atoms with Crippen LogP contribution in [0.2, 0.25) is 0 Å². The second-order valence-corrected chi connectivity index (χ2v) is 8.05. The zero-order valence-electron chi connectivity index (χ0n) is 18.8. The van der Waals surface area contributed by atoms with E-state index in [2.05, 4.69) is 10.2 Å². The number of nitrogens with two attached hydrogens (primary N) is 1. The maximum atomic E-state index is 13.7. The molecule has 174 valence electrons. The van der Waals surface area contributed by atoms with E-state index < -0.39 is 11.9 Å². The van der Waals surface area contributed by atoms with Gasteiger partial charge in [-0.1, -0.05) is 12.1 Å². The molecule has 1 fully saturated rings. The second kappa shape index (κ2) is 9.50. The average Bonchev–Trinajstić information content (AvgIpc) is 3.09. The first-order chi connectivity index (χ1) is 16.0. The van der Waals surface area contributed by atoms with Crippen LogP contribution < -0.4 is 25.4 Å². The number of carbonyl (C=O) groups is 3. The van der Waals surface area contributed by atoms with E-state index in [9.17, 15) is 14.4 Å². The first kappa shape index (κ1) is 22.6. The normalized spacial score (nSPS) is 16.5. The highest BCUT2D eigenvalue weighted by molar-refractivity contribution is 6.24. The number of nitrogens with one attached hydrogen (secondary N) is 1. The summed E-state index contributed by atoms with van der Waals surface area (Å²) in [5.41, 5.74) is 7.62. The smallest absolute Gasteiger partial charge is 0.264 e. The van der Waals surface area contributed by atoms with Crippen LogP contribution in [0.25, 0.3) is 0 Å². The summed E-state index contributed by atoms with van der Waals surface area (Å²) in [5.74, 6) is -0.251. The molecule has 3 N–H and O–H groups in total. The lowest BCUT2D eigenvalue weighted by molar-refractivity contribution is -0.118. The van der Waals surface area contributed by atoms with Gasteiger partial charge in [-0.05, 0) is 36.2 Å². The summed E-state index contributed by atoms with van der Waals surface area (Å²) in [6, 6.07) is 9.91. The Labute approximate surface area is 192 Å². The van der Waals surface area contributed by atoms with Crippen molar-refractivity contribution in [3.05, 3.63) is 53.1 Å². The van der Waals surface area contributed by atoms with Gasteiger partial charge < -0.3 is 25.4 Å². The lowest BCUT2D eigenvalue weighted by Gasteiger charge is -2.31. The Morgan fingerprint density at radius 1 is 1.06 bits per heavy atom. The molecule has 3 amide bonds. The molecule has 0 bridgehead atoms. The number of amides is 3. The van der Waals surface area contributed by atoms with E-state index in [1.807, 2.05) is 6.07 Å². The minimum absolute atomic E-state index is 0.0249. The Kier molecular flexibility index (Phi) is 6.50. The molecule has 0 aromatic heterocycles. The highest BCUT2D eigenvalue weighted by Gasteiger charge is 2.43. The molecule has 1 saturated heterocycles. The topological polar surface area (TPSA) is 114 Å². The van der Waals surface area contributed by atoms with Gasteiger partial charge in [0.1, 0.15) is 0 Å². The number of rotatable bonds is 8. The molecule has 9 heteroatoms. The fourth-order valence-electron chi connectivity index (χ4n) is 4.52. The van der Waals surface area contributed by atoms with E-state index in [0.717, 1.165) is 31.9 Å². The van der Waals surface area contributed by atoms with Crippen molar-refractivity contribution in [3.8, 4) is 11.5 Å². The van der Waals surface area contributed by atoms with Crippen LogP contribution in [0.4, 0.5) is 5.69 Å². The molecule has 2 aromatic carbocycles. The van der Waals surface area contributed by atoms with E-state index >= 15 is 0 Å². The third-order valence-electron chi connectivity index (χ3n) is 6.15. The SMILES string of the molecule is COc1ccc(C(CCC(N)=O)N2C(=O)c3cccc(N4CCNCC4)c3C2=O)cc1OC. The van der Waals surface area contributed by atoms with Crippen LogP contribution in [-0.4, -0.2) is 63.0 Å². The molecular weight excluding hydrogens is 424 g/mol. The summed E-state index contributed by atoms with van der Waals surface area (Å²) in [7, 11) is 3.05. The minimum Gasteiger partial charge on any atom is -0.493 e. The van der Waals surface area contributed by atoms with Crippen LogP contribution in [0, 0.1) is 0 Å². The number of anilines is 1. The van der Waals surface area contributed by atoms with E-state index in [-0.39, 0.29) is 24.7 Å². The van der Waals surface area contributed by atoms with Crippen LogP contribution in [0.1, 0.15) is 45.2 Å². The Hall–Kier alpha value is -3.59. The molecule has 33 heavy (non-hydrogen) atoms. The van der Waals surface area contributed by atoms with Crippen LogP contribution in [-0.2, 0) is 4.79 Å². The molecule has 9 nitrogen and oxygen atoms in total. The van der Waals surface area contributed by atoms with Gasteiger partial charge >= 0.3 is 0 Å². The molecule has 4 rings (SSSR count). The molecule has 1 atom stereocenters. The van der Waals surface area contributed by atoms with Crippen molar-refractivity contribution >= 4 is 23.4 Å². The largest absolute Gasteiger partial charge is 0.493 e. The molecular formula is C24H28N4O5. The molecule has 2 heterocycles. The number of nitrogens with zero attached hydrogens (tertiary/aromatic N) is 2. The molecule has 2 aliphatic heterocycles. The third kappa shape index (κ3) is 4.23. The zero-order valence-corrected chi connectivity index (χ0v) is 18.8. The average molecular weight is 453 g/mol. The van der Waals surface area contributed by atoms with Crippen LogP contribution in [0.3, 0.4) is 0 Å². The lowest BCUT2D eigenvalue weighted by Crippen LogP contribution is -2.44. The van der Waals surface area contributed by atoms with E-state index in [1.54, 1.807) is 30.3 Å². The van der Waals surface area contributed by atoms with Crippen molar-refractivity contribution in [2.75, 3.05) is 45.3 Å². The van der Waals surface area contributed by atoms with Crippen molar-refractivity contribution in [2.24, 2.45) is 5.73 Å². The molecule has 0 aliphatic carbocycles. The zero-order chi connectivity index (χ0) is 23.5. The highest BCUT2D eigenvalue weighted by Crippen LogP contribution is 2.40. The summed E-state index contributed by atoms with van der Waals surface area (Å²) in [6.07, 6.45) is 0.232. The molecule has 2 aromatic rings. The number of carbonyl (C=O) groups excluding carboxylic acids is 3. The number of imide groups is 1. The first-order valence-electron chi connectivity index (χ1n) is 10.9. The lowest BCUT2D eigenvalue weighted by atomic mass is 9.99. The monoisotopic (exact) mass is 452 g/mol. The van der Waals surface area contributed by atoms with Gasteiger partial charge in [-0.2, -0.15) is 0 Å². The number of hydrogen-bond acceptors (Lipinski definition) is 7. The predicted octanol–water partition coefficient (Wildman–Crippen LogP) is 1.72. The Balaban J connectivity index is 1.75. The van der Waals surface area contributed by atoms with Crippen molar-refractivity contribution in [2.45, 2.75) is 18.9 Å². The van der Waals surface area contributed by atoms with E-state index in [0.29, 0.717) is 28.2 Å². The number of fused-ring (bicyclic) bond motifs is 1. The second-order valence-electron chi connectivity index (χ2n) is 8.05. The van der Waals surface area contributed by atoms with Gasteiger partial charge in [-0.25, -0.2) is 0 Å². The molecule has 0 spiro atoms. The van der Waals surface area contributed by atoms with Gasteiger partial charge in [-0.3, -0.25) is 19.3 Å². The Morgan fingerprint density at radius 3 is 2.45 bits per heavy atom. The van der Waals surface area contributed by atoms with Crippen molar-refractivity contribution in [3.63, 3.8) is 0 Å². The number of ether oxygens (including phenoxy) is 2.